The fraction of sp³-hybridized carbons (Fsp3) is 0.278. The number of para-hydroxylation sites is 1. The van der Waals surface area contributed by atoms with Crippen molar-refractivity contribution in [1.29, 1.82) is 0 Å². The first kappa shape index (κ1) is 15.4. The van der Waals surface area contributed by atoms with Gasteiger partial charge in [-0.05, 0) is 24.3 Å². The second-order valence-corrected chi connectivity index (χ2v) is 7.19. The molecule has 0 spiro atoms. The second-order valence-electron chi connectivity index (χ2n) is 5.74. The van der Waals surface area contributed by atoms with Gasteiger partial charge < -0.3 is 14.1 Å². The minimum atomic E-state index is -1.37. The molecule has 0 N–H and O–H groups in total. The summed E-state index contributed by atoms with van der Waals surface area (Å²) in [4.78, 5) is 14.6. The molecule has 2 heterocycles. The largest absolute Gasteiger partial charge is 0.456 e. The minimum Gasteiger partial charge on any atom is -0.456 e. The Kier molecular flexibility index (Phi) is 4.08. The lowest BCUT2D eigenvalue weighted by molar-refractivity contribution is -0.132. The molecule has 6 heteroatoms. The van der Waals surface area contributed by atoms with Gasteiger partial charge in [-0.15, -0.1) is 0 Å². The average molecular weight is 343 g/mol. The molecule has 1 aliphatic rings. The maximum Gasteiger partial charge on any atom is 0.235 e. The Morgan fingerprint density at radius 3 is 2.62 bits per heavy atom. The SMILES string of the molecule is O=C(CS(=O)c1ccc2oc3ccccc3c2c1)N1CCOCC1. The highest BCUT2D eigenvalue weighted by molar-refractivity contribution is 7.85. The van der Waals surface area contributed by atoms with Crippen molar-refractivity contribution in [1.82, 2.24) is 4.90 Å². The standard InChI is InChI=1S/C18H17NO4S/c20-18(19-7-9-22-10-8-19)12-24(21)13-5-6-17-15(11-13)14-3-1-2-4-16(14)23-17/h1-6,11H,7-10,12H2. The summed E-state index contributed by atoms with van der Waals surface area (Å²) in [5, 5.41) is 1.92. The predicted octanol–water partition coefficient (Wildman–Crippen LogP) is 2.55. The molecule has 3 aromatic rings. The zero-order valence-corrected chi connectivity index (χ0v) is 13.9. The highest BCUT2D eigenvalue weighted by atomic mass is 32.2. The number of benzene rings is 2. The third-order valence-corrected chi connectivity index (χ3v) is 5.52. The molecule has 1 unspecified atom stereocenters. The van der Waals surface area contributed by atoms with Crippen molar-refractivity contribution >= 4 is 38.6 Å². The number of ether oxygens (including phenoxy) is 1. The van der Waals surface area contributed by atoms with Crippen molar-refractivity contribution in [2.75, 3.05) is 32.1 Å². The minimum absolute atomic E-state index is 0.00128. The zero-order valence-electron chi connectivity index (χ0n) is 13.1. The van der Waals surface area contributed by atoms with Crippen molar-refractivity contribution < 1.29 is 18.2 Å². The maximum absolute atomic E-state index is 12.6. The molecule has 1 aliphatic heterocycles. The van der Waals surface area contributed by atoms with Crippen molar-refractivity contribution in [3.8, 4) is 0 Å². The van der Waals surface area contributed by atoms with E-state index in [0.29, 0.717) is 31.2 Å². The molecule has 4 rings (SSSR count). The fourth-order valence-electron chi connectivity index (χ4n) is 2.95. The van der Waals surface area contributed by atoms with Gasteiger partial charge >= 0.3 is 0 Å². The van der Waals surface area contributed by atoms with E-state index >= 15 is 0 Å². The highest BCUT2D eigenvalue weighted by Gasteiger charge is 2.20. The number of hydrogen-bond donors (Lipinski definition) is 0. The normalized spacial score (nSPS) is 16.6. The smallest absolute Gasteiger partial charge is 0.235 e. The summed E-state index contributed by atoms with van der Waals surface area (Å²) in [5.74, 6) is -0.0878. The van der Waals surface area contributed by atoms with Crippen LogP contribution in [0.1, 0.15) is 0 Å². The van der Waals surface area contributed by atoms with Gasteiger partial charge in [0, 0.05) is 28.8 Å². The topological polar surface area (TPSA) is 59.8 Å². The predicted molar refractivity (Wildman–Crippen MR) is 92.4 cm³/mol. The van der Waals surface area contributed by atoms with Crippen LogP contribution in [0.15, 0.2) is 51.8 Å². The first-order valence-corrected chi connectivity index (χ1v) is 9.19. The third-order valence-electron chi connectivity index (χ3n) is 4.23. The molecule has 0 radical (unpaired) electrons. The van der Waals surface area contributed by atoms with Gasteiger partial charge in [-0.1, -0.05) is 18.2 Å². The van der Waals surface area contributed by atoms with E-state index in [1.807, 2.05) is 36.4 Å². The number of carbonyl (C=O) groups is 1. The van der Waals surface area contributed by atoms with Crippen LogP contribution in [0.2, 0.25) is 0 Å². The molecule has 0 aliphatic carbocycles. The van der Waals surface area contributed by atoms with Crippen LogP contribution in [0, 0.1) is 0 Å². The Labute approximate surface area is 141 Å². The number of fused-ring (bicyclic) bond motifs is 3. The summed E-state index contributed by atoms with van der Waals surface area (Å²) in [6.45, 7) is 2.24. The molecule has 2 aromatic carbocycles. The van der Waals surface area contributed by atoms with E-state index in [1.165, 1.54) is 0 Å². The van der Waals surface area contributed by atoms with E-state index in [-0.39, 0.29) is 11.7 Å². The van der Waals surface area contributed by atoms with Gasteiger partial charge in [0.1, 0.15) is 16.9 Å². The lowest BCUT2D eigenvalue weighted by Gasteiger charge is -2.26. The number of furan rings is 1. The summed E-state index contributed by atoms with van der Waals surface area (Å²) in [6, 6.07) is 13.2. The number of nitrogens with zero attached hydrogens (tertiary/aromatic N) is 1. The van der Waals surface area contributed by atoms with Crippen LogP contribution >= 0.6 is 0 Å². The number of carbonyl (C=O) groups excluding carboxylic acids is 1. The highest BCUT2D eigenvalue weighted by Crippen LogP contribution is 2.29. The van der Waals surface area contributed by atoms with Gasteiger partial charge in [-0.3, -0.25) is 9.00 Å². The first-order valence-electron chi connectivity index (χ1n) is 7.87. The van der Waals surface area contributed by atoms with Gasteiger partial charge in [0.15, 0.2) is 0 Å². The summed E-state index contributed by atoms with van der Waals surface area (Å²) in [6.07, 6.45) is 0. The summed E-state index contributed by atoms with van der Waals surface area (Å²) in [7, 11) is -1.37. The van der Waals surface area contributed by atoms with Crippen molar-refractivity contribution in [2.45, 2.75) is 4.90 Å². The zero-order chi connectivity index (χ0) is 16.5. The third kappa shape index (κ3) is 2.83. The number of hydrogen-bond acceptors (Lipinski definition) is 4. The molecule has 1 saturated heterocycles. The number of rotatable bonds is 3. The molecular formula is C18H17NO4S. The van der Waals surface area contributed by atoms with E-state index in [1.54, 1.807) is 11.0 Å². The average Bonchev–Trinajstić information content (AvgIpc) is 3.00. The van der Waals surface area contributed by atoms with E-state index in [0.717, 1.165) is 21.9 Å². The van der Waals surface area contributed by atoms with Crippen molar-refractivity contribution in [3.63, 3.8) is 0 Å². The molecule has 24 heavy (non-hydrogen) atoms. The van der Waals surface area contributed by atoms with Gasteiger partial charge in [0.2, 0.25) is 5.91 Å². The Balaban J connectivity index is 1.59. The molecule has 0 bridgehead atoms. The molecule has 1 amide bonds. The monoisotopic (exact) mass is 343 g/mol. The molecule has 1 aromatic heterocycles. The molecule has 0 saturated carbocycles. The summed E-state index contributed by atoms with van der Waals surface area (Å²) in [5.41, 5.74) is 1.57. The van der Waals surface area contributed by atoms with Crippen molar-refractivity contribution in [2.24, 2.45) is 0 Å². The van der Waals surface area contributed by atoms with Crippen LogP contribution in [0.5, 0.6) is 0 Å². The maximum atomic E-state index is 12.6. The molecule has 5 nitrogen and oxygen atoms in total. The number of amides is 1. The van der Waals surface area contributed by atoms with Crippen LogP contribution < -0.4 is 0 Å². The Morgan fingerprint density at radius 2 is 1.79 bits per heavy atom. The van der Waals surface area contributed by atoms with Gasteiger partial charge in [0.05, 0.1) is 24.0 Å². The lowest BCUT2D eigenvalue weighted by atomic mass is 10.1. The van der Waals surface area contributed by atoms with Crippen LogP contribution in [0.4, 0.5) is 0 Å². The fourth-order valence-corrected chi connectivity index (χ4v) is 3.99. The Bertz CT molecular complexity index is 927. The summed E-state index contributed by atoms with van der Waals surface area (Å²) >= 11 is 0. The van der Waals surface area contributed by atoms with Gasteiger partial charge in [0.25, 0.3) is 0 Å². The molecule has 1 fully saturated rings. The van der Waals surface area contributed by atoms with Gasteiger partial charge in [-0.2, -0.15) is 0 Å². The second kappa shape index (κ2) is 6.37. The van der Waals surface area contributed by atoms with E-state index < -0.39 is 10.8 Å². The van der Waals surface area contributed by atoms with E-state index in [9.17, 15) is 9.00 Å². The van der Waals surface area contributed by atoms with Crippen molar-refractivity contribution in [3.05, 3.63) is 42.5 Å². The van der Waals surface area contributed by atoms with E-state index in [4.69, 9.17) is 9.15 Å². The quantitative estimate of drug-likeness (QED) is 0.733. The number of morpholine rings is 1. The molecule has 1 atom stereocenters. The first-order chi connectivity index (χ1) is 11.7. The lowest BCUT2D eigenvalue weighted by Crippen LogP contribution is -2.42. The van der Waals surface area contributed by atoms with Crippen LogP contribution in [-0.4, -0.2) is 47.1 Å². The van der Waals surface area contributed by atoms with Crippen LogP contribution in [-0.2, 0) is 20.3 Å². The Morgan fingerprint density at radius 1 is 1.04 bits per heavy atom. The van der Waals surface area contributed by atoms with Crippen LogP contribution in [0.3, 0.4) is 0 Å². The summed E-state index contributed by atoms with van der Waals surface area (Å²) < 4.78 is 23.6. The molecular weight excluding hydrogens is 326 g/mol. The van der Waals surface area contributed by atoms with Crippen LogP contribution in [0.25, 0.3) is 21.9 Å². The van der Waals surface area contributed by atoms with E-state index in [2.05, 4.69) is 0 Å². The molecule has 124 valence electrons. The van der Waals surface area contributed by atoms with Gasteiger partial charge in [-0.25, -0.2) is 0 Å². The Hall–Kier alpha value is -2.18.